The van der Waals surface area contributed by atoms with Gasteiger partial charge in [-0.15, -0.1) is 0 Å². The van der Waals surface area contributed by atoms with E-state index in [4.69, 9.17) is 0 Å². The molecule has 0 aromatic heterocycles. The lowest BCUT2D eigenvalue weighted by atomic mass is 10.2. The van der Waals surface area contributed by atoms with Crippen LogP contribution in [-0.4, -0.2) is 6.16 Å². The van der Waals surface area contributed by atoms with Gasteiger partial charge >= 0.3 is 0 Å². The van der Waals surface area contributed by atoms with E-state index in [1.807, 2.05) is 0 Å². The molecule has 0 aliphatic carbocycles. The van der Waals surface area contributed by atoms with Crippen LogP contribution in [0.15, 0.2) is 103 Å². The molecule has 3 aromatic carbocycles. The Morgan fingerprint density at radius 2 is 1.00 bits per heavy atom. The highest BCUT2D eigenvalue weighted by atomic mass is 31.1. The average molecular weight is 342 g/mol. The summed E-state index contributed by atoms with van der Waals surface area (Å²) in [6, 6.07) is 31.9. The van der Waals surface area contributed by atoms with E-state index in [1.54, 1.807) is 0 Å². The molecule has 3 rings (SSSR count). The molecular weight excluding hydrogens is 319 g/mol. The second kappa shape index (κ2) is 9.77. The predicted octanol–water partition coefficient (Wildman–Crippen LogP) is 7.05. The molecule has 0 aliphatic rings. The first-order valence-corrected chi connectivity index (χ1v) is 10.3. The Balaban J connectivity index is 1.70. The molecule has 25 heavy (non-hydrogen) atoms. The Morgan fingerprint density at radius 1 is 0.560 bits per heavy atom. The zero-order valence-corrected chi connectivity index (χ0v) is 15.2. The quantitative estimate of drug-likeness (QED) is 0.403. The van der Waals surface area contributed by atoms with Crippen molar-refractivity contribution in [2.45, 2.75) is 6.42 Å². The molecule has 0 aliphatic heterocycles. The van der Waals surface area contributed by atoms with Crippen molar-refractivity contribution in [1.29, 1.82) is 0 Å². The van der Waals surface area contributed by atoms with E-state index in [0.29, 0.717) is 0 Å². The fraction of sp³-hybridized carbons (Fsp3) is 0.0833. The van der Waals surface area contributed by atoms with Gasteiger partial charge in [0.25, 0.3) is 0 Å². The van der Waals surface area contributed by atoms with E-state index in [0.717, 1.165) is 6.42 Å². The Bertz CT molecular complexity index is 740. The minimum atomic E-state index is -0.293. The second-order valence-corrected chi connectivity index (χ2v) is 8.00. The lowest BCUT2D eigenvalue weighted by molar-refractivity contribution is 1.15. The third-order valence-corrected chi connectivity index (χ3v) is 5.82. The van der Waals surface area contributed by atoms with Crippen molar-refractivity contribution in [3.8, 4) is 0 Å². The van der Waals surface area contributed by atoms with E-state index >= 15 is 0 Å². The van der Waals surface area contributed by atoms with Crippen LogP contribution < -0.4 is 0 Å². The smallest absolute Gasteiger partial charge is 0.0216 e. The first kappa shape index (κ1) is 17.4. The molecule has 0 atom stereocenters. The molecule has 3 aromatic rings. The van der Waals surface area contributed by atoms with Gasteiger partial charge in [0.05, 0.1) is 0 Å². The van der Waals surface area contributed by atoms with Crippen LogP contribution in [0.3, 0.4) is 0 Å². The van der Waals surface area contributed by atoms with Gasteiger partial charge in [-0.25, -0.2) is 0 Å². The highest BCUT2D eigenvalue weighted by molar-refractivity contribution is 7.64. The van der Waals surface area contributed by atoms with Crippen LogP contribution in [0.1, 0.15) is 16.7 Å². The lowest BCUT2D eigenvalue weighted by Crippen LogP contribution is -1.88. The van der Waals surface area contributed by atoms with Gasteiger partial charge in [-0.05, 0) is 29.3 Å². The Morgan fingerprint density at radius 3 is 1.48 bits per heavy atom. The summed E-state index contributed by atoms with van der Waals surface area (Å²) in [6.07, 6.45) is 6.80. The van der Waals surface area contributed by atoms with Crippen molar-refractivity contribution in [1.82, 2.24) is 0 Å². The number of aryl methyl sites for hydroxylation is 1. The maximum absolute atomic E-state index is 2.38. The maximum atomic E-state index is 2.38. The molecule has 0 fully saturated rings. The molecule has 124 valence electrons. The van der Waals surface area contributed by atoms with E-state index in [1.165, 1.54) is 22.9 Å². The first-order chi connectivity index (χ1) is 12.4. The van der Waals surface area contributed by atoms with Gasteiger partial charge in [-0.2, -0.15) is 0 Å². The van der Waals surface area contributed by atoms with Gasteiger partial charge in [-0.3, -0.25) is 0 Å². The van der Waals surface area contributed by atoms with Crippen molar-refractivity contribution in [3.63, 3.8) is 0 Å². The Hall–Kier alpha value is -2.43. The van der Waals surface area contributed by atoms with Gasteiger partial charge in [0, 0.05) is 0 Å². The maximum Gasteiger partial charge on any atom is -0.0216 e. The Labute approximate surface area is 152 Å². The van der Waals surface area contributed by atoms with Gasteiger partial charge in [0.15, 0.2) is 0 Å². The molecule has 0 N–H and O–H groups in total. The topological polar surface area (TPSA) is 0 Å². The summed E-state index contributed by atoms with van der Waals surface area (Å²) in [4.78, 5) is 0. The van der Waals surface area contributed by atoms with Crippen LogP contribution in [0.2, 0.25) is 0 Å². The molecule has 0 bridgehead atoms. The van der Waals surface area contributed by atoms with Crippen LogP contribution in [0.4, 0.5) is 0 Å². The molecule has 0 heterocycles. The van der Waals surface area contributed by atoms with Gasteiger partial charge < -0.3 is 0 Å². The molecule has 0 unspecified atom stereocenters. The molecule has 0 amide bonds. The van der Waals surface area contributed by atoms with Crippen LogP contribution in [-0.2, 0) is 6.42 Å². The number of hydrogen-bond donors (Lipinski definition) is 0. The minimum Gasteiger partial charge on any atom is -0.0622 e. The van der Waals surface area contributed by atoms with Crippen LogP contribution in [0.5, 0.6) is 0 Å². The fourth-order valence-corrected chi connectivity index (χ4v) is 4.23. The van der Waals surface area contributed by atoms with Crippen LogP contribution >= 0.6 is 7.92 Å². The standard InChI is InChI=1S/C24H23P/c1-4-10-22(11-5-1)16-19-25(20-17-23-12-6-2-7-13-23)21-18-24-14-8-3-9-15-24/h1-17,19-20H,18,21H2/b19-16+,20-17+. The summed E-state index contributed by atoms with van der Waals surface area (Å²) in [7, 11) is -0.293. The van der Waals surface area contributed by atoms with E-state index in [2.05, 4.69) is 115 Å². The minimum absolute atomic E-state index is 0.293. The number of benzene rings is 3. The Kier molecular flexibility index (Phi) is 6.80. The summed E-state index contributed by atoms with van der Waals surface area (Å²) >= 11 is 0. The summed E-state index contributed by atoms with van der Waals surface area (Å²) in [6.45, 7) is 0. The third kappa shape index (κ3) is 6.18. The van der Waals surface area contributed by atoms with Crippen molar-refractivity contribution in [2.75, 3.05) is 6.16 Å². The van der Waals surface area contributed by atoms with E-state index in [-0.39, 0.29) is 7.92 Å². The molecular formula is C24H23P. The zero-order chi connectivity index (χ0) is 17.2. The highest BCUT2D eigenvalue weighted by Crippen LogP contribution is 2.41. The molecule has 0 saturated heterocycles. The fourth-order valence-electron chi connectivity index (χ4n) is 2.59. The predicted molar refractivity (Wildman–Crippen MR) is 113 cm³/mol. The summed E-state index contributed by atoms with van der Waals surface area (Å²) in [5, 5.41) is 0. The lowest BCUT2D eigenvalue weighted by Gasteiger charge is -2.09. The van der Waals surface area contributed by atoms with E-state index < -0.39 is 0 Å². The van der Waals surface area contributed by atoms with Crippen molar-refractivity contribution in [3.05, 3.63) is 119 Å². The number of rotatable bonds is 7. The van der Waals surface area contributed by atoms with Gasteiger partial charge in [0.2, 0.25) is 0 Å². The largest absolute Gasteiger partial charge is 0.0622 e. The van der Waals surface area contributed by atoms with Crippen LogP contribution in [0, 0.1) is 0 Å². The van der Waals surface area contributed by atoms with E-state index in [9.17, 15) is 0 Å². The molecule has 1 heteroatoms. The number of hydrogen-bond acceptors (Lipinski definition) is 0. The SMILES string of the molecule is C(=C\P(/C=C/c1ccccc1)CCc1ccccc1)/c1ccccc1. The van der Waals surface area contributed by atoms with Crippen molar-refractivity contribution in [2.24, 2.45) is 0 Å². The van der Waals surface area contributed by atoms with Crippen molar-refractivity contribution >= 4 is 20.1 Å². The molecule has 0 saturated carbocycles. The second-order valence-electron chi connectivity index (χ2n) is 5.93. The normalized spacial score (nSPS) is 11.6. The monoisotopic (exact) mass is 342 g/mol. The summed E-state index contributed by atoms with van der Waals surface area (Å²) < 4.78 is 0. The van der Waals surface area contributed by atoms with Crippen LogP contribution in [0.25, 0.3) is 12.2 Å². The molecule has 0 spiro atoms. The van der Waals surface area contributed by atoms with Gasteiger partial charge in [0.1, 0.15) is 0 Å². The summed E-state index contributed by atoms with van der Waals surface area (Å²) in [5.74, 6) is 4.76. The zero-order valence-electron chi connectivity index (χ0n) is 14.3. The molecule has 0 radical (unpaired) electrons. The highest BCUT2D eigenvalue weighted by Gasteiger charge is 2.01. The first-order valence-electron chi connectivity index (χ1n) is 8.66. The third-order valence-electron chi connectivity index (χ3n) is 4.02. The average Bonchev–Trinajstić information content (AvgIpc) is 2.70. The van der Waals surface area contributed by atoms with Crippen molar-refractivity contribution < 1.29 is 0 Å². The summed E-state index contributed by atoms with van der Waals surface area (Å²) in [5.41, 5.74) is 3.95. The van der Waals surface area contributed by atoms with Gasteiger partial charge in [-0.1, -0.05) is 123 Å². The molecule has 0 nitrogen and oxygen atoms in total.